The van der Waals surface area contributed by atoms with Crippen molar-refractivity contribution in [3.05, 3.63) is 12.2 Å². The molecule has 0 heterocycles. The molecule has 1 fully saturated rings. The van der Waals surface area contributed by atoms with Crippen LogP contribution in [0.4, 0.5) is 0 Å². The Kier molecular flexibility index (Phi) is 1.68. The van der Waals surface area contributed by atoms with Gasteiger partial charge in [-0.3, -0.25) is 4.79 Å². The van der Waals surface area contributed by atoms with Crippen molar-refractivity contribution in [1.82, 2.24) is 0 Å². The maximum absolute atomic E-state index is 11.3. The van der Waals surface area contributed by atoms with Gasteiger partial charge in [-0.2, -0.15) is 0 Å². The summed E-state index contributed by atoms with van der Waals surface area (Å²) in [6, 6.07) is -0.0209. The highest BCUT2D eigenvalue weighted by Gasteiger charge is 2.46. The van der Waals surface area contributed by atoms with E-state index in [0.717, 1.165) is 6.42 Å². The van der Waals surface area contributed by atoms with Crippen LogP contribution in [0.1, 0.15) is 6.42 Å². The Morgan fingerprint density at radius 1 is 1.50 bits per heavy atom. The summed E-state index contributed by atoms with van der Waals surface area (Å²) in [5.74, 6) is 0.487. The van der Waals surface area contributed by atoms with Crippen molar-refractivity contribution < 1.29 is 9.53 Å². The van der Waals surface area contributed by atoms with Crippen LogP contribution in [0.2, 0.25) is 0 Å². The third kappa shape index (κ3) is 0.894. The molecule has 0 unspecified atom stereocenters. The van der Waals surface area contributed by atoms with Crippen molar-refractivity contribution in [3.8, 4) is 0 Å². The van der Waals surface area contributed by atoms with Gasteiger partial charge >= 0.3 is 5.97 Å². The SMILES string of the molecule is COC(=O)[C@H]1[C@@H](N)[C@H]2C=C[C@@H]1C2. The van der Waals surface area contributed by atoms with Gasteiger partial charge in [0.05, 0.1) is 13.0 Å². The van der Waals surface area contributed by atoms with Crippen molar-refractivity contribution in [1.29, 1.82) is 0 Å². The van der Waals surface area contributed by atoms with E-state index in [1.54, 1.807) is 0 Å². The van der Waals surface area contributed by atoms with E-state index < -0.39 is 0 Å². The van der Waals surface area contributed by atoms with Gasteiger partial charge in [0.1, 0.15) is 0 Å². The highest BCUT2D eigenvalue weighted by molar-refractivity contribution is 5.75. The molecule has 0 aromatic carbocycles. The molecule has 12 heavy (non-hydrogen) atoms. The molecular weight excluding hydrogens is 154 g/mol. The molecule has 0 amide bonds. The molecule has 0 saturated heterocycles. The number of ether oxygens (including phenoxy) is 1. The monoisotopic (exact) mass is 167 g/mol. The van der Waals surface area contributed by atoms with Gasteiger partial charge in [-0.15, -0.1) is 0 Å². The highest BCUT2D eigenvalue weighted by Crippen LogP contribution is 2.42. The topological polar surface area (TPSA) is 52.3 Å². The standard InChI is InChI=1S/C9H13NO2/c1-12-9(11)7-5-2-3-6(4-5)8(7)10/h2-3,5-8H,4,10H2,1H3/t5-,6+,7-,8+/m1/s1. The van der Waals surface area contributed by atoms with E-state index in [1.165, 1.54) is 7.11 Å². The van der Waals surface area contributed by atoms with Crippen LogP contribution in [0.15, 0.2) is 12.2 Å². The van der Waals surface area contributed by atoms with Gasteiger partial charge in [0.25, 0.3) is 0 Å². The zero-order valence-electron chi connectivity index (χ0n) is 7.07. The second-order valence-electron chi connectivity index (χ2n) is 3.57. The summed E-state index contributed by atoms with van der Waals surface area (Å²) >= 11 is 0. The van der Waals surface area contributed by atoms with Gasteiger partial charge in [0.2, 0.25) is 0 Å². The van der Waals surface area contributed by atoms with E-state index in [4.69, 9.17) is 10.5 Å². The first-order valence-electron chi connectivity index (χ1n) is 4.26. The van der Waals surface area contributed by atoms with Crippen LogP contribution in [0.5, 0.6) is 0 Å². The van der Waals surface area contributed by atoms with E-state index in [1.807, 2.05) is 0 Å². The van der Waals surface area contributed by atoms with Gasteiger partial charge in [0.15, 0.2) is 0 Å². The van der Waals surface area contributed by atoms with Gasteiger partial charge in [-0.05, 0) is 18.3 Å². The predicted octanol–water partition coefficient (Wildman–Crippen LogP) is 0.309. The average Bonchev–Trinajstić information content (AvgIpc) is 2.63. The number of carbonyl (C=O) groups is 1. The second-order valence-corrected chi connectivity index (χ2v) is 3.57. The number of nitrogens with two attached hydrogens (primary N) is 1. The van der Waals surface area contributed by atoms with Crippen LogP contribution in [-0.4, -0.2) is 19.1 Å². The Bertz CT molecular complexity index is 237. The fourth-order valence-corrected chi connectivity index (χ4v) is 2.33. The number of methoxy groups -OCH3 is 1. The van der Waals surface area contributed by atoms with Crippen LogP contribution in [-0.2, 0) is 9.53 Å². The van der Waals surface area contributed by atoms with Crippen molar-refractivity contribution >= 4 is 5.97 Å². The first-order chi connectivity index (χ1) is 5.74. The first kappa shape index (κ1) is 7.80. The minimum atomic E-state index is -0.153. The lowest BCUT2D eigenvalue weighted by atomic mass is 9.90. The Morgan fingerprint density at radius 2 is 2.17 bits per heavy atom. The van der Waals surface area contributed by atoms with E-state index in [2.05, 4.69) is 12.2 Å². The number of carbonyl (C=O) groups excluding carboxylic acids is 1. The zero-order valence-corrected chi connectivity index (χ0v) is 7.07. The Balaban J connectivity index is 2.18. The number of hydrogen-bond donors (Lipinski definition) is 1. The summed E-state index contributed by atoms with van der Waals surface area (Å²) in [5.41, 5.74) is 5.89. The van der Waals surface area contributed by atoms with Crippen LogP contribution in [0, 0.1) is 17.8 Å². The summed E-state index contributed by atoms with van der Waals surface area (Å²) in [6.07, 6.45) is 5.24. The quantitative estimate of drug-likeness (QED) is 0.451. The number of allylic oxidation sites excluding steroid dienone is 1. The molecule has 0 aromatic rings. The van der Waals surface area contributed by atoms with Gasteiger partial charge in [-0.25, -0.2) is 0 Å². The van der Waals surface area contributed by atoms with E-state index in [0.29, 0.717) is 11.8 Å². The Labute approximate surface area is 71.6 Å². The predicted molar refractivity (Wildman–Crippen MR) is 44.2 cm³/mol. The molecule has 0 aliphatic heterocycles. The van der Waals surface area contributed by atoms with Crippen LogP contribution in [0.3, 0.4) is 0 Å². The maximum atomic E-state index is 11.3. The lowest BCUT2D eigenvalue weighted by molar-refractivity contribution is -0.146. The summed E-state index contributed by atoms with van der Waals surface area (Å²) in [5, 5.41) is 0. The molecule has 1 saturated carbocycles. The Hall–Kier alpha value is -0.830. The van der Waals surface area contributed by atoms with Crippen LogP contribution < -0.4 is 5.73 Å². The van der Waals surface area contributed by atoms with Gasteiger partial charge < -0.3 is 10.5 Å². The summed E-state index contributed by atoms with van der Waals surface area (Å²) < 4.78 is 4.70. The molecular formula is C9H13NO2. The molecule has 66 valence electrons. The van der Waals surface area contributed by atoms with Gasteiger partial charge in [0, 0.05) is 6.04 Å². The van der Waals surface area contributed by atoms with E-state index >= 15 is 0 Å². The lowest BCUT2D eigenvalue weighted by Gasteiger charge is -2.21. The molecule has 0 spiro atoms. The van der Waals surface area contributed by atoms with Crippen molar-refractivity contribution in [2.75, 3.05) is 7.11 Å². The average molecular weight is 167 g/mol. The van der Waals surface area contributed by atoms with Crippen molar-refractivity contribution in [3.63, 3.8) is 0 Å². The minimum absolute atomic E-state index is 0.0209. The number of fused-ring (bicyclic) bond motifs is 2. The smallest absolute Gasteiger partial charge is 0.310 e. The van der Waals surface area contributed by atoms with Crippen molar-refractivity contribution in [2.45, 2.75) is 12.5 Å². The highest BCUT2D eigenvalue weighted by atomic mass is 16.5. The second kappa shape index (κ2) is 2.59. The summed E-state index contributed by atoms with van der Waals surface area (Å²) in [6.45, 7) is 0. The van der Waals surface area contributed by atoms with Gasteiger partial charge in [-0.1, -0.05) is 12.2 Å². The normalized spacial score (nSPS) is 43.5. The minimum Gasteiger partial charge on any atom is -0.469 e. The third-order valence-corrected chi connectivity index (χ3v) is 2.99. The first-order valence-corrected chi connectivity index (χ1v) is 4.26. The van der Waals surface area contributed by atoms with E-state index in [9.17, 15) is 4.79 Å². The summed E-state index contributed by atoms with van der Waals surface area (Å²) in [4.78, 5) is 11.3. The van der Waals surface area contributed by atoms with Crippen LogP contribution in [0.25, 0.3) is 0 Å². The van der Waals surface area contributed by atoms with Crippen molar-refractivity contribution in [2.24, 2.45) is 23.5 Å². The zero-order chi connectivity index (χ0) is 8.72. The maximum Gasteiger partial charge on any atom is 0.310 e. The largest absolute Gasteiger partial charge is 0.469 e. The molecule has 2 bridgehead atoms. The number of hydrogen-bond acceptors (Lipinski definition) is 3. The van der Waals surface area contributed by atoms with E-state index in [-0.39, 0.29) is 17.9 Å². The fourth-order valence-electron chi connectivity index (χ4n) is 2.33. The third-order valence-electron chi connectivity index (χ3n) is 2.99. The molecule has 2 rings (SSSR count). The molecule has 0 radical (unpaired) electrons. The number of rotatable bonds is 1. The Morgan fingerprint density at radius 3 is 2.67 bits per heavy atom. The molecule has 4 atom stereocenters. The summed E-state index contributed by atoms with van der Waals surface area (Å²) in [7, 11) is 1.42. The molecule has 3 nitrogen and oxygen atoms in total. The van der Waals surface area contributed by atoms with Crippen LogP contribution >= 0.6 is 0 Å². The molecule has 2 aliphatic rings. The molecule has 2 N–H and O–H groups in total. The molecule has 2 aliphatic carbocycles. The lowest BCUT2D eigenvalue weighted by Crippen LogP contribution is -2.39. The molecule has 0 aromatic heterocycles. The molecule has 3 heteroatoms. The number of esters is 1. The fraction of sp³-hybridized carbons (Fsp3) is 0.667.